The van der Waals surface area contributed by atoms with Gasteiger partial charge in [-0.3, -0.25) is 4.79 Å². The Morgan fingerprint density at radius 3 is 2.11 bits per heavy atom. The van der Waals surface area contributed by atoms with Crippen LogP contribution in [0.15, 0.2) is 36.9 Å². The van der Waals surface area contributed by atoms with Crippen LogP contribution in [0.2, 0.25) is 0 Å². The number of nitrogens with one attached hydrogen (secondary N) is 1. The zero-order valence-corrected chi connectivity index (χ0v) is 10.8. The van der Waals surface area contributed by atoms with Crippen molar-refractivity contribution in [3.05, 3.63) is 48.0 Å². The smallest absolute Gasteiger partial charge is 0.352 e. The van der Waals surface area contributed by atoms with Gasteiger partial charge < -0.3 is 5.32 Å². The second-order valence-electron chi connectivity index (χ2n) is 4.70. The van der Waals surface area contributed by atoms with Gasteiger partial charge in [0, 0.05) is 6.54 Å². The second kappa shape index (κ2) is 5.47. The molecule has 19 heavy (non-hydrogen) atoms. The first-order chi connectivity index (χ1) is 8.69. The summed E-state index contributed by atoms with van der Waals surface area (Å²) >= 11 is 0. The van der Waals surface area contributed by atoms with E-state index in [1.807, 2.05) is 0 Å². The monoisotopic (exact) mass is 271 g/mol. The van der Waals surface area contributed by atoms with Crippen LogP contribution in [0.1, 0.15) is 25.0 Å². The summed E-state index contributed by atoms with van der Waals surface area (Å²) < 4.78 is 37.4. The van der Waals surface area contributed by atoms with Gasteiger partial charge in [-0.05, 0) is 31.5 Å². The van der Waals surface area contributed by atoms with Crippen molar-refractivity contribution in [1.82, 2.24) is 5.32 Å². The number of halogens is 3. The van der Waals surface area contributed by atoms with E-state index in [-0.39, 0.29) is 5.91 Å². The van der Waals surface area contributed by atoms with Crippen LogP contribution in [0.5, 0.6) is 0 Å². The van der Waals surface area contributed by atoms with Gasteiger partial charge in [0.1, 0.15) is 0 Å². The Bertz CT molecular complexity index is 461. The number of carbonyl (C=O) groups is 1. The van der Waals surface area contributed by atoms with E-state index in [0.717, 1.165) is 12.1 Å². The van der Waals surface area contributed by atoms with Gasteiger partial charge in [-0.2, -0.15) is 13.2 Å². The fourth-order valence-corrected chi connectivity index (χ4v) is 1.59. The molecule has 0 unspecified atom stereocenters. The highest BCUT2D eigenvalue weighted by Crippen LogP contribution is 2.31. The lowest BCUT2D eigenvalue weighted by atomic mass is 9.83. The number of benzene rings is 1. The number of hydrogen-bond acceptors (Lipinski definition) is 1. The standard InChI is InChI=1S/C14H16F3NO/c1-4-9-18-12(19)13(2,3)10-5-7-11(8-6-10)14(15,16)17/h4-8H,1,9H2,2-3H3,(H,18,19). The van der Waals surface area contributed by atoms with Gasteiger partial charge in [0.2, 0.25) is 5.91 Å². The van der Waals surface area contributed by atoms with Crippen molar-refractivity contribution in [2.45, 2.75) is 25.4 Å². The molecule has 0 spiro atoms. The Kier molecular flexibility index (Phi) is 4.39. The van der Waals surface area contributed by atoms with Crippen molar-refractivity contribution < 1.29 is 18.0 Å². The fraction of sp³-hybridized carbons (Fsp3) is 0.357. The highest BCUT2D eigenvalue weighted by molar-refractivity contribution is 5.87. The number of hydrogen-bond donors (Lipinski definition) is 1. The highest BCUT2D eigenvalue weighted by Gasteiger charge is 2.33. The Hall–Kier alpha value is -1.78. The van der Waals surface area contributed by atoms with Crippen molar-refractivity contribution in [3.8, 4) is 0 Å². The number of rotatable bonds is 4. The zero-order chi connectivity index (χ0) is 14.7. The summed E-state index contributed by atoms with van der Waals surface area (Å²) in [6.45, 7) is 7.13. The van der Waals surface area contributed by atoms with Crippen LogP contribution in [-0.4, -0.2) is 12.5 Å². The fourth-order valence-electron chi connectivity index (χ4n) is 1.59. The maximum atomic E-state index is 12.5. The minimum absolute atomic E-state index is 0.257. The third-order valence-corrected chi connectivity index (χ3v) is 2.91. The SMILES string of the molecule is C=CCNC(=O)C(C)(C)c1ccc(C(F)(F)F)cc1. The highest BCUT2D eigenvalue weighted by atomic mass is 19.4. The van der Waals surface area contributed by atoms with Crippen LogP contribution in [0.25, 0.3) is 0 Å². The van der Waals surface area contributed by atoms with Gasteiger partial charge in [-0.1, -0.05) is 18.2 Å². The molecule has 5 heteroatoms. The number of amides is 1. The third kappa shape index (κ3) is 3.59. The van der Waals surface area contributed by atoms with E-state index in [2.05, 4.69) is 11.9 Å². The molecule has 1 rings (SSSR count). The van der Waals surface area contributed by atoms with Gasteiger partial charge in [0.15, 0.2) is 0 Å². The van der Waals surface area contributed by atoms with Gasteiger partial charge in [-0.15, -0.1) is 6.58 Å². The molecular formula is C14H16F3NO. The van der Waals surface area contributed by atoms with Crippen LogP contribution in [0.3, 0.4) is 0 Å². The lowest BCUT2D eigenvalue weighted by molar-refractivity contribution is -0.137. The van der Waals surface area contributed by atoms with Crippen LogP contribution in [0, 0.1) is 0 Å². The van der Waals surface area contributed by atoms with E-state index in [4.69, 9.17) is 0 Å². The summed E-state index contributed by atoms with van der Waals surface area (Å²) in [4.78, 5) is 11.9. The minimum atomic E-state index is -4.37. The van der Waals surface area contributed by atoms with E-state index in [0.29, 0.717) is 12.1 Å². The van der Waals surface area contributed by atoms with Crippen molar-refractivity contribution >= 4 is 5.91 Å². The van der Waals surface area contributed by atoms with Crippen molar-refractivity contribution in [1.29, 1.82) is 0 Å². The molecule has 104 valence electrons. The first kappa shape index (κ1) is 15.3. The summed E-state index contributed by atoms with van der Waals surface area (Å²) in [6, 6.07) is 4.63. The zero-order valence-electron chi connectivity index (χ0n) is 10.8. The van der Waals surface area contributed by atoms with Gasteiger partial charge in [-0.25, -0.2) is 0 Å². The molecule has 0 bridgehead atoms. The minimum Gasteiger partial charge on any atom is -0.352 e. The quantitative estimate of drug-likeness (QED) is 0.836. The van der Waals surface area contributed by atoms with E-state index in [1.165, 1.54) is 12.1 Å². The normalized spacial score (nSPS) is 12.1. The predicted octanol–water partition coefficient (Wildman–Crippen LogP) is 3.29. The van der Waals surface area contributed by atoms with Gasteiger partial charge in [0.25, 0.3) is 0 Å². The van der Waals surface area contributed by atoms with E-state index in [9.17, 15) is 18.0 Å². The van der Waals surface area contributed by atoms with E-state index >= 15 is 0 Å². The molecule has 0 saturated heterocycles. The third-order valence-electron chi connectivity index (χ3n) is 2.91. The average Bonchev–Trinajstić information content (AvgIpc) is 2.35. The number of carbonyl (C=O) groups excluding carboxylic acids is 1. The summed E-state index contributed by atoms with van der Waals surface area (Å²) in [5.41, 5.74) is -1.09. The van der Waals surface area contributed by atoms with Crippen molar-refractivity contribution in [2.75, 3.05) is 6.54 Å². The molecule has 0 aromatic heterocycles. The molecule has 0 aliphatic heterocycles. The molecule has 1 aromatic carbocycles. The summed E-state index contributed by atoms with van der Waals surface area (Å²) in [5.74, 6) is -0.257. The first-order valence-corrected chi connectivity index (χ1v) is 5.76. The molecule has 1 N–H and O–H groups in total. The number of alkyl halides is 3. The lowest BCUT2D eigenvalue weighted by Gasteiger charge is -2.24. The molecule has 0 saturated carbocycles. The van der Waals surface area contributed by atoms with E-state index < -0.39 is 17.2 Å². The largest absolute Gasteiger partial charge is 0.416 e. The molecule has 1 amide bonds. The molecule has 0 atom stereocenters. The molecule has 0 aliphatic carbocycles. The maximum absolute atomic E-state index is 12.5. The Labute approximate surface area is 110 Å². The van der Waals surface area contributed by atoms with Gasteiger partial charge in [0.05, 0.1) is 11.0 Å². The maximum Gasteiger partial charge on any atom is 0.416 e. The Balaban J connectivity index is 2.96. The summed E-state index contributed by atoms with van der Waals surface area (Å²) in [7, 11) is 0. The Morgan fingerprint density at radius 1 is 1.21 bits per heavy atom. The molecule has 1 aromatic rings. The van der Waals surface area contributed by atoms with E-state index in [1.54, 1.807) is 19.9 Å². The summed E-state index contributed by atoms with van der Waals surface area (Å²) in [6.07, 6.45) is -2.82. The molecule has 0 radical (unpaired) electrons. The molecular weight excluding hydrogens is 255 g/mol. The summed E-state index contributed by atoms with van der Waals surface area (Å²) in [5, 5.41) is 2.64. The molecule has 0 fully saturated rings. The van der Waals surface area contributed by atoms with Crippen LogP contribution < -0.4 is 5.32 Å². The average molecular weight is 271 g/mol. The first-order valence-electron chi connectivity index (χ1n) is 5.76. The van der Waals surface area contributed by atoms with Crippen molar-refractivity contribution in [3.63, 3.8) is 0 Å². The molecule has 0 aliphatic rings. The molecule has 2 nitrogen and oxygen atoms in total. The Morgan fingerprint density at radius 2 is 1.68 bits per heavy atom. The van der Waals surface area contributed by atoms with Crippen molar-refractivity contribution in [2.24, 2.45) is 0 Å². The topological polar surface area (TPSA) is 29.1 Å². The van der Waals surface area contributed by atoms with Crippen LogP contribution in [-0.2, 0) is 16.4 Å². The molecule has 0 heterocycles. The van der Waals surface area contributed by atoms with Gasteiger partial charge >= 0.3 is 6.18 Å². The lowest BCUT2D eigenvalue weighted by Crippen LogP contribution is -2.40. The van der Waals surface area contributed by atoms with Crippen LogP contribution >= 0.6 is 0 Å². The van der Waals surface area contributed by atoms with Crippen LogP contribution in [0.4, 0.5) is 13.2 Å². The second-order valence-corrected chi connectivity index (χ2v) is 4.70. The predicted molar refractivity (Wildman–Crippen MR) is 67.7 cm³/mol.